The van der Waals surface area contributed by atoms with Gasteiger partial charge < -0.3 is 10.4 Å². The van der Waals surface area contributed by atoms with E-state index < -0.39 is 6.09 Å². The number of rotatable bonds is 4. The predicted molar refractivity (Wildman–Crippen MR) is 62.4 cm³/mol. The molecule has 1 aromatic rings. The molecule has 92 valence electrons. The fraction of sp³-hybridized carbons (Fsp3) is 0.417. The highest BCUT2D eigenvalue weighted by molar-refractivity contribution is 5.64. The van der Waals surface area contributed by atoms with E-state index in [1.165, 1.54) is 5.56 Å². The molecule has 0 spiro atoms. The summed E-state index contributed by atoms with van der Waals surface area (Å²) in [6, 6.07) is 10.1. The first-order valence-electron chi connectivity index (χ1n) is 5.66. The van der Waals surface area contributed by atoms with Crippen LogP contribution < -0.4 is 5.32 Å². The summed E-state index contributed by atoms with van der Waals surface area (Å²) in [4.78, 5) is 16.0. The molecular formula is C12H16N2O3. The van der Waals surface area contributed by atoms with Crippen molar-refractivity contribution in [1.29, 1.82) is 0 Å². The molecule has 2 rings (SSSR count). The average molecular weight is 236 g/mol. The molecule has 1 saturated heterocycles. The lowest BCUT2D eigenvalue weighted by Crippen LogP contribution is -2.31. The van der Waals surface area contributed by atoms with Crippen molar-refractivity contribution >= 4 is 6.09 Å². The van der Waals surface area contributed by atoms with Crippen LogP contribution in [-0.4, -0.2) is 35.5 Å². The number of hydroxylamine groups is 2. The molecule has 17 heavy (non-hydrogen) atoms. The van der Waals surface area contributed by atoms with Crippen LogP contribution in [-0.2, 0) is 11.4 Å². The number of carboxylic acid groups (broad SMARTS) is 1. The number of nitrogens with zero attached hydrogens (tertiary/aromatic N) is 1. The molecule has 1 aromatic carbocycles. The Labute approximate surface area is 99.9 Å². The first-order valence-corrected chi connectivity index (χ1v) is 5.66. The minimum absolute atomic E-state index is 0.0465. The molecule has 5 nitrogen and oxygen atoms in total. The summed E-state index contributed by atoms with van der Waals surface area (Å²) in [5.74, 6) is 0. The van der Waals surface area contributed by atoms with Crippen LogP contribution in [0.4, 0.5) is 4.79 Å². The topological polar surface area (TPSA) is 61.8 Å². The first kappa shape index (κ1) is 11.9. The second kappa shape index (κ2) is 5.65. The summed E-state index contributed by atoms with van der Waals surface area (Å²) < 4.78 is 0. The van der Waals surface area contributed by atoms with Crippen LogP contribution in [0.3, 0.4) is 0 Å². The highest BCUT2D eigenvalue weighted by atomic mass is 16.7. The Morgan fingerprint density at radius 2 is 2.24 bits per heavy atom. The number of carbonyl (C=O) groups is 1. The number of amides is 1. The zero-order chi connectivity index (χ0) is 12.1. The van der Waals surface area contributed by atoms with Crippen LogP contribution >= 0.6 is 0 Å². The maximum absolute atomic E-state index is 10.3. The predicted octanol–water partition coefficient (Wildman–Crippen LogP) is 1.46. The highest BCUT2D eigenvalue weighted by Crippen LogP contribution is 2.15. The van der Waals surface area contributed by atoms with Gasteiger partial charge >= 0.3 is 6.09 Å². The Morgan fingerprint density at radius 3 is 2.94 bits per heavy atom. The van der Waals surface area contributed by atoms with Crippen LogP contribution in [0.5, 0.6) is 0 Å². The van der Waals surface area contributed by atoms with E-state index in [9.17, 15) is 4.79 Å². The lowest BCUT2D eigenvalue weighted by atomic mass is 10.2. The SMILES string of the molecule is O=C(O)NCC1CCN(Cc2ccccc2)O1. The molecule has 0 aliphatic carbocycles. The lowest BCUT2D eigenvalue weighted by Gasteiger charge is -2.16. The van der Waals surface area contributed by atoms with E-state index >= 15 is 0 Å². The molecule has 0 aromatic heterocycles. The molecule has 0 bridgehead atoms. The fourth-order valence-electron chi connectivity index (χ4n) is 1.85. The first-order chi connectivity index (χ1) is 8.24. The summed E-state index contributed by atoms with van der Waals surface area (Å²) in [6.45, 7) is 1.92. The van der Waals surface area contributed by atoms with Gasteiger partial charge in [0.05, 0.1) is 6.10 Å². The molecule has 1 amide bonds. The number of nitrogens with one attached hydrogen (secondary N) is 1. The maximum Gasteiger partial charge on any atom is 0.404 e. The molecular weight excluding hydrogens is 220 g/mol. The third-order valence-electron chi connectivity index (χ3n) is 2.68. The van der Waals surface area contributed by atoms with Crippen LogP contribution in [0.25, 0.3) is 0 Å². The van der Waals surface area contributed by atoms with Gasteiger partial charge in [-0.25, -0.2) is 4.79 Å². The van der Waals surface area contributed by atoms with Gasteiger partial charge in [0.15, 0.2) is 0 Å². The molecule has 1 atom stereocenters. The lowest BCUT2D eigenvalue weighted by molar-refractivity contribution is -0.150. The normalized spacial score (nSPS) is 20.4. The Kier molecular flexibility index (Phi) is 3.95. The number of hydrogen-bond donors (Lipinski definition) is 2. The van der Waals surface area contributed by atoms with E-state index in [0.29, 0.717) is 6.54 Å². The van der Waals surface area contributed by atoms with Crippen molar-refractivity contribution < 1.29 is 14.7 Å². The van der Waals surface area contributed by atoms with E-state index in [1.807, 2.05) is 35.4 Å². The quantitative estimate of drug-likeness (QED) is 0.830. The van der Waals surface area contributed by atoms with Gasteiger partial charge in [-0.15, -0.1) is 0 Å². The van der Waals surface area contributed by atoms with E-state index in [-0.39, 0.29) is 6.10 Å². The minimum Gasteiger partial charge on any atom is -0.465 e. The smallest absolute Gasteiger partial charge is 0.404 e. The zero-order valence-corrected chi connectivity index (χ0v) is 9.50. The molecule has 2 N–H and O–H groups in total. The molecule has 5 heteroatoms. The summed E-state index contributed by atoms with van der Waals surface area (Å²) in [6.07, 6.45) is -0.197. The second-order valence-corrected chi connectivity index (χ2v) is 4.05. The van der Waals surface area contributed by atoms with Crippen LogP contribution in [0, 0.1) is 0 Å². The van der Waals surface area contributed by atoms with Gasteiger partial charge in [-0.3, -0.25) is 4.84 Å². The van der Waals surface area contributed by atoms with Gasteiger partial charge in [0.2, 0.25) is 0 Å². The van der Waals surface area contributed by atoms with E-state index in [0.717, 1.165) is 19.5 Å². The molecule has 1 heterocycles. The second-order valence-electron chi connectivity index (χ2n) is 4.05. The van der Waals surface area contributed by atoms with Crippen LogP contribution in [0.1, 0.15) is 12.0 Å². The van der Waals surface area contributed by atoms with Crippen LogP contribution in [0.15, 0.2) is 30.3 Å². The van der Waals surface area contributed by atoms with Crippen LogP contribution in [0.2, 0.25) is 0 Å². The molecule has 1 fully saturated rings. The Bertz CT molecular complexity index is 369. The summed E-state index contributed by atoms with van der Waals surface area (Å²) in [5.41, 5.74) is 1.19. The van der Waals surface area contributed by atoms with Gasteiger partial charge in [-0.1, -0.05) is 30.3 Å². The largest absolute Gasteiger partial charge is 0.465 e. The van der Waals surface area contributed by atoms with Crippen molar-refractivity contribution in [2.75, 3.05) is 13.1 Å². The fourth-order valence-corrected chi connectivity index (χ4v) is 1.85. The van der Waals surface area contributed by atoms with Crippen molar-refractivity contribution in [3.63, 3.8) is 0 Å². The van der Waals surface area contributed by atoms with Crippen molar-refractivity contribution in [1.82, 2.24) is 10.4 Å². The maximum atomic E-state index is 10.3. The van der Waals surface area contributed by atoms with Gasteiger partial charge in [-0.05, 0) is 12.0 Å². The van der Waals surface area contributed by atoms with Crippen molar-refractivity contribution in [3.05, 3.63) is 35.9 Å². The highest BCUT2D eigenvalue weighted by Gasteiger charge is 2.23. The Hall–Kier alpha value is -1.59. The monoisotopic (exact) mass is 236 g/mol. The molecule has 1 unspecified atom stereocenters. The summed E-state index contributed by atoms with van der Waals surface area (Å²) >= 11 is 0. The summed E-state index contributed by atoms with van der Waals surface area (Å²) in [7, 11) is 0. The standard InChI is InChI=1S/C12H16N2O3/c15-12(16)13-8-11-6-7-14(17-11)9-10-4-2-1-3-5-10/h1-5,11,13H,6-9H2,(H,15,16). The van der Waals surface area contributed by atoms with Crippen molar-refractivity contribution in [3.8, 4) is 0 Å². The van der Waals surface area contributed by atoms with E-state index in [1.54, 1.807) is 0 Å². The zero-order valence-electron chi connectivity index (χ0n) is 9.50. The van der Waals surface area contributed by atoms with Gasteiger partial charge in [0, 0.05) is 19.6 Å². The molecule has 1 aliphatic heterocycles. The van der Waals surface area contributed by atoms with Gasteiger partial charge in [-0.2, -0.15) is 5.06 Å². The molecule has 0 saturated carbocycles. The van der Waals surface area contributed by atoms with Crippen molar-refractivity contribution in [2.24, 2.45) is 0 Å². The molecule has 0 radical (unpaired) electrons. The van der Waals surface area contributed by atoms with E-state index in [2.05, 4.69) is 5.32 Å². The Morgan fingerprint density at radius 1 is 1.47 bits per heavy atom. The van der Waals surface area contributed by atoms with Gasteiger partial charge in [0.25, 0.3) is 0 Å². The third-order valence-corrected chi connectivity index (χ3v) is 2.68. The summed E-state index contributed by atoms with van der Waals surface area (Å²) in [5, 5.41) is 12.7. The number of benzene rings is 1. The third kappa shape index (κ3) is 3.72. The van der Waals surface area contributed by atoms with Crippen molar-refractivity contribution in [2.45, 2.75) is 19.1 Å². The molecule has 1 aliphatic rings. The van der Waals surface area contributed by atoms with E-state index in [4.69, 9.17) is 9.94 Å². The minimum atomic E-state index is -1.00. The number of hydrogen-bond acceptors (Lipinski definition) is 3. The average Bonchev–Trinajstić information content (AvgIpc) is 2.75. The van der Waals surface area contributed by atoms with Gasteiger partial charge in [0.1, 0.15) is 0 Å². The Balaban J connectivity index is 1.76.